The summed E-state index contributed by atoms with van der Waals surface area (Å²) in [6.45, 7) is -0.943. The van der Waals surface area contributed by atoms with Gasteiger partial charge in [-0.15, -0.1) is 0 Å². The molecule has 0 aromatic heterocycles. The van der Waals surface area contributed by atoms with Crippen LogP contribution < -0.4 is 14.4 Å². The normalized spacial score (nSPS) is 11.7. The standard InChI is InChI=1S/C22H17ClF4N2O4S/c1-33-15-7-9-16(10-8-15)34(31,32)29(20-5-3-2-4-18(20)24)13-21(30)28-19-12-14(22(25,26)27)6-11-17(19)23/h2-12H,13H2,1H3,(H,28,30). The summed E-state index contributed by atoms with van der Waals surface area (Å²) in [6.07, 6.45) is -4.69. The van der Waals surface area contributed by atoms with Crippen molar-refractivity contribution in [1.29, 1.82) is 0 Å². The second-order valence-corrected chi connectivity index (χ2v) is 9.15. The van der Waals surface area contributed by atoms with Gasteiger partial charge in [0.1, 0.15) is 18.1 Å². The van der Waals surface area contributed by atoms with E-state index in [4.69, 9.17) is 16.3 Å². The minimum Gasteiger partial charge on any atom is -0.497 e. The fourth-order valence-corrected chi connectivity index (χ4v) is 4.54. The summed E-state index contributed by atoms with van der Waals surface area (Å²) in [5.74, 6) is -1.60. The molecule has 0 aliphatic carbocycles. The third-order valence-electron chi connectivity index (χ3n) is 4.62. The Morgan fingerprint density at radius 3 is 2.29 bits per heavy atom. The van der Waals surface area contributed by atoms with E-state index >= 15 is 0 Å². The van der Waals surface area contributed by atoms with E-state index in [0.29, 0.717) is 16.1 Å². The zero-order valence-electron chi connectivity index (χ0n) is 17.4. The molecule has 180 valence electrons. The topological polar surface area (TPSA) is 75.7 Å². The van der Waals surface area contributed by atoms with E-state index in [-0.39, 0.29) is 15.6 Å². The van der Waals surface area contributed by atoms with Crippen LogP contribution in [0.3, 0.4) is 0 Å². The number of alkyl halides is 3. The summed E-state index contributed by atoms with van der Waals surface area (Å²) in [5.41, 5.74) is -1.87. The van der Waals surface area contributed by atoms with Crippen LogP contribution in [0.25, 0.3) is 0 Å². The van der Waals surface area contributed by atoms with Gasteiger partial charge in [-0.3, -0.25) is 9.10 Å². The number of methoxy groups -OCH3 is 1. The smallest absolute Gasteiger partial charge is 0.416 e. The Bertz CT molecular complexity index is 1300. The van der Waals surface area contributed by atoms with Crippen LogP contribution in [0.5, 0.6) is 5.75 Å². The molecule has 0 fully saturated rings. The fourth-order valence-electron chi connectivity index (χ4n) is 2.95. The van der Waals surface area contributed by atoms with E-state index in [1.165, 1.54) is 43.5 Å². The average Bonchev–Trinajstić information content (AvgIpc) is 2.78. The maximum atomic E-state index is 14.5. The number of rotatable bonds is 7. The highest BCUT2D eigenvalue weighted by Crippen LogP contribution is 2.34. The number of amides is 1. The Morgan fingerprint density at radius 2 is 1.71 bits per heavy atom. The Morgan fingerprint density at radius 1 is 1.06 bits per heavy atom. The van der Waals surface area contributed by atoms with E-state index in [0.717, 1.165) is 24.3 Å². The first-order chi connectivity index (χ1) is 15.9. The van der Waals surface area contributed by atoms with Crippen molar-refractivity contribution < 1.29 is 35.5 Å². The highest BCUT2D eigenvalue weighted by Gasteiger charge is 2.32. The Kier molecular flexibility index (Phi) is 7.37. The number of carbonyl (C=O) groups is 1. The molecule has 0 heterocycles. The molecule has 1 amide bonds. The summed E-state index contributed by atoms with van der Waals surface area (Å²) in [4.78, 5) is 12.4. The van der Waals surface area contributed by atoms with E-state index in [9.17, 15) is 30.8 Å². The predicted molar refractivity (Wildman–Crippen MR) is 119 cm³/mol. The SMILES string of the molecule is COc1ccc(S(=O)(=O)N(CC(=O)Nc2cc(C(F)(F)F)ccc2Cl)c2ccccc2F)cc1. The third-order valence-corrected chi connectivity index (χ3v) is 6.73. The van der Waals surface area contributed by atoms with Crippen LogP contribution in [0.2, 0.25) is 5.02 Å². The maximum absolute atomic E-state index is 14.5. The van der Waals surface area contributed by atoms with Crippen LogP contribution >= 0.6 is 11.6 Å². The minimum atomic E-state index is -4.69. The quantitative estimate of drug-likeness (QED) is 0.430. The number of benzene rings is 3. The molecule has 0 saturated carbocycles. The predicted octanol–water partition coefficient (Wildman–Crippen LogP) is 5.34. The van der Waals surface area contributed by atoms with E-state index in [1.807, 2.05) is 0 Å². The molecule has 12 heteroatoms. The van der Waals surface area contributed by atoms with Crippen LogP contribution in [-0.4, -0.2) is 28.0 Å². The number of sulfonamides is 1. The molecule has 3 aromatic carbocycles. The summed E-state index contributed by atoms with van der Waals surface area (Å²) in [7, 11) is -3.08. The van der Waals surface area contributed by atoms with E-state index < -0.39 is 45.7 Å². The molecule has 1 N–H and O–H groups in total. The molecular weight excluding hydrogens is 500 g/mol. The highest BCUT2D eigenvalue weighted by atomic mass is 35.5. The summed E-state index contributed by atoms with van der Waals surface area (Å²) < 4.78 is 85.7. The third kappa shape index (κ3) is 5.60. The van der Waals surface area contributed by atoms with Crippen molar-refractivity contribution in [2.45, 2.75) is 11.1 Å². The van der Waals surface area contributed by atoms with Crippen molar-refractivity contribution >= 4 is 38.9 Å². The first kappa shape index (κ1) is 25.3. The van der Waals surface area contributed by atoms with Crippen molar-refractivity contribution in [3.8, 4) is 5.75 Å². The van der Waals surface area contributed by atoms with Gasteiger partial charge in [0.25, 0.3) is 10.0 Å². The molecule has 34 heavy (non-hydrogen) atoms. The number of nitrogens with one attached hydrogen (secondary N) is 1. The summed E-state index contributed by atoms with van der Waals surface area (Å²) in [5, 5.41) is 1.97. The van der Waals surface area contributed by atoms with Gasteiger partial charge >= 0.3 is 6.18 Å². The van der Waals surface area contributed by atoms with Crippen molar-refractivity contribution in [2.24, 2.45) is 0 Å². The van der Waals surface area contributed by atoms with E-state index in [2.05, 4.69) is 5.32 Å². The molecule has 0 radical (unpaired) electrons. The molecule has 0 aliphatic heterocycles. The molecule has 0 saturated heterocycles. The number of anilines is 2. The van der Waals surface area contributed by atoms with Gasteiger partial charge < -0.3 is 10.1 Å². The summed E-state index contributed by atoms with van der Waals surface area (Å²) in [6, 6.07) is 12.3. The van der Waals surface area contributed by atoms with Gasteiger partial charge in [0.2, 0.25) is 5.91 Å². The fraction of sp³-hybridized carbons (Fsp3) is 0.136. The molecule has 3 aromatic rings. The highest BCUT2D eigenvalue weighted by molar-refractivity contribution is 7.92. The van der Waals surface area contributed by atoms with Gasteiger partial charge in [-0.1, -0.05) is 23.7 Å². The van der Waals surface area contributed by atoms with Gasteiger partial charge in [0, 0.05) is 0 Å². The molecule has 0 spiro atoms. The zero-order valence-corrected chi connectivity index (χ0v) is 19.0. The molecule has 0 bridgehead atoms. The molecule has 0 aliphatic rings. The van der Waals surface area contributed by atoms with Crippen molar-refractivity contribution in [3.63, 3.8) is 0 Å². The Hall–Kier alpha value is -3.31. The number of ether oxygens (including phenoxy) is 1. The summed E-state index contributed by atoms with van der Waals surface area (Å²) >= 11 is 5.90. The van der Waals surface area contributed by atoms with E-state index in [1.54, 1.807) is 0 Å². The monoisotopic (exact) mass is 516 g/mol. The minimum absolute atomic E-state index is 0.197. The largest absolute Gasteiger partial charge is 0.497 e. The van der Waals surface area contributed by atoms with Gasteiger partial charge in [0.15, 0.2) is 0 Å². The van der Waals surface area contributed by atoms with Crippen molar-refractivity contribution in [3.05, 3.63) is 83.1 Å². The lowest BCUT2D eigenvalue weighted by molar-refractivity contribution is -0.137. The van der Waals surface area contributed by atoms with Gasteiger partial charge in [-0.05, 0) is 54.6 Å². The Balaban J connectivity index is 1.97. The zero-order chi connectivity index (χ0) is 25.1. The molecule has 3 rings (SSSR count). The number of para-hydroxylation sites is 1. The second kappa shape index (κ2) is 9.90. The lowest BCUT2D eigenvalue weighted by Crippen LogP contribution is -2.38. The van der Waals surface area contributed by atoms with Gasteiger partial charge in [-0.25, -0.2) is 12.8 Å². The molecule has 6 nitrogen and oxygen atoms in total. The van der Waals surface area contributed by atoms with Crippen molar-refractivity contribution in [1.82, 2.24) is 0 Å². The number of nitrogens with zero attached hydrogens (tertiary/aromatic N) is 1. The Labute approximate surface area is 197 Å². The van der Waals surface area contributed by atoms with Crippen LogP contribution in [0.15, 0.2) is 71.6 Å². The number of hydrogen-bond donors (Lipinski definition) is 1. The number of carbonyl (C=O) groups excluding carboxylic acids is 1. The first-order valence-corrected chi connectivity index (χ1v) is 11.3. The number of hydrogen-bond acceptors (Lipinski definition) is 4. The van der Waals surface area contributed by atoms with Crippen LogP contribution in [-0.2, 0) is 21.0 Å². The molecule has 0 unspecified atom stereocenters. The molecular formula is C22H17ClF4N2O4S. The lowest BCUT2D eigenvalue weighted by atomic mass is 10.2. The van der Waals surface area contributed by atoms with Gasteiger partial charge in [-0.2, -0.15) is 13.2 Å². The second-order valence-electron chi connectivity index (χ2n) is 6.88. The van der Waals surface area contributed by atoms with Crippen LogP contribution in [0.4, 0.5) is 28.9 Å². The first-order valence-electron chi connectivity index (χ1n) is 9.51. The maximum Gasteiger partial charge on any atom is 0.416 e. The average molecular weight is 517 g/mol. The van der Waals surface area contributed by atoms with Crippen LogP contribution in [0.1, 0.15) is 5.56 Å². The lowest BCUT2D eigenvalue weighted by Gasteiger charge is -2.24. The number of halogens is 5. The van der Waals surface area contributed by atoms with Gasteiger partial charge in [0.05, 0.1) is 34.0 Å². The molecule has 0 atom stereocenters. The van der Waals surface area contributed by atoms with Crippen LogP contribution in [0, 0.1) is 5.82 Å². The van der Waals surface area contributed by atoms with Crippen molar-refractivity contribution in [2.75, 3.05) is 23.3 Å².